The minimum atomic E-state index is -0.520. The van der Waals surface area contributed by atoms with E-state index in [-0.39, 0.29) is 23.2 Å². The number of nitrogens with zero attached hydrogens (tertiary/aromatic N) is 3. The number of carbonyl (C=O) groups excluding carboxylic acids is 2. The molecule has 1 fully saturated rings. The summed E-state index contributed by atoms with van der Waals surface area (Å²) in [4.78, 5) is 36.8. The molecule has 1 aromatic heterocycles. The molecule has 8 heteroatoms. The van der Waals surface area contributed by atoms with E-state index in [0.717, 1.165) is 19.3 Å². The maximum atomic E-state index is 13.9. The molecule has 0 aliphatic carbocycles. The van der Waals surface area contributed by atoms with Crippen LogP contribution in [0, 0.1) is 12.7 Å². The first-order valence-electron chi connectivity index (χ1n) is 10.8. The standard InChI is InChI=1S/C25H25FN4O3/c1-16-18(24(31)29-20-11-5-4-10-19(20)26)15-27-23(28-16)21-12-7-8-14-30(21)25(32)17-9-3-6-13-22(17)33-2/h3-6,9-11,13,15,21H,7-8,12,14H2,1-2H3,(H,29,31)/t21-/m0/s1. The van der Waals surface area contributed by atoms with Gasteiger partial charge in [0.2, 0.25) is 0 Å². The summed E-state index contributed by atoms with van der Waals surface area (Å²) in [6, 6.07) is 12.8. The summed E-state index contributed by atoms with van der Waals surface area (Å²) >= 11 is 0. The molecule has 1 saturated heterocycles. The maximum Gasteiger partial charge on any atom is 0.259 e. The van der Waals surface area contributed by atoms with Gasteiger partial charge in [0, 0.05) is 12.7 Å². The Kier molecular flexibility index (Phi) is 6.63. The molecule has 4 rings (SSSR count). The third-order valence-corrected chi connectivity index (χ3v) is 5.76. The number of aromatic nitrogens is 2. The van der Waals surface area contributed by atoms with Crippen LogP contribution in [0.2, 0.25) is 0 Å². The van der Waals surface area contributed by atoms with Crippen molar-refractivity contribution in [1.82, 2.24) is 14.9 Å². The topological polar surface area (TPSA) is 84.4 Å². The zero-order valence-corrected chi connectivity index (χ0v) is 18.5. The van der Waals surface area contributed by atoms with Gasteiger partial charge in [-0.1, -0.05) is 24.3 Å². The van der Waals surface area contributed by atoms with E-state index in [2.05, 4.69) is 15.3 Å². The SMILES string of the molecule is COc1ccccc1C(=O)N1CCCC[C@H]1c1ncc(C(=O)Nc2ccccc2F)c(C)n1. The van der Waals surface area contributed by atoms with E-state index in [1.807, 2.05) is 6.07 Å². The fraction of sp³-hybridized carbons (Fsp3) is 0.280. The first-order valence-corrected chi connectivity index (χ1v) is 10.8. The number of halogens is 1. The quantitative estimate of drug-likeness (QED) is 0.619. The Bertz CT molecular complexity index is 1180. The molecular formula is C25H25FN4O3. The summed E-state index contributed by atoms with van der Waals surface area (Å²) in [5.74, 6) is -0.148. The highest BCUT2D eigenvalue weighted by molar-refractivity contribution is 6.04. The molecule has 0 unspecified atom stereocenters. The zero-order chi connectivity index (χ0) is 23.4. The number of benzene rings is 2. The molecule has 1 N–H and O–H groups in total. The summed E-state index contributed by atoms with van der Waals surface area (Å²) in [5, 5.41) is 2.56. The number of likely N-dealkylation sites (tertiary alicyclic amines) is 1. The number of methoxy groups -OCH3 is 1. The lowest BCUT2D eigenvalue weighted by molar-refractivity contribution is 0.0595. The molecule has 3 aromatic rings. The first kappa shape index (κ1) is 22.4. The Morgan fingerprint density at radius 1 is 1.09 bits per heavy atom. The van der Waals surface area contributed by atoms with Crippen LogP contribution < -0.4 is 10.1 Å². The normalized spacial score (nSPS) is 15.7. The molecule has 2 amide bonds. The molecule has 0 radical (unpaired) electrons. The number of amides is 2. The van der Waals surface area contributed by atoms with Crippen molar-refractivity contribution in [1.29, 1.82) is 0 Å². The highest BCUT2D eigenvalue weighted by atomic mass is 19.1. The summed E-state index contributed by atoms with van der Waals surface area (Å²) < 4.78 is 19.3. The molecule has 33 heavy (non-hydrogen) atoms. The molecule has 0 spiro atoms. The van der Waals surface area contributed by atoms with Gasteiger partial charge in [-0.15, -0.1) is 0 Å². The van der Waals surface area contributed by atoms with Crippen molar-refractivity contribution in [3.05, 3.63) is 83.2 Å². The number of piperidine rings is 1. The fourth-order valence-corrected chi connectivity index (χ4v) is 4.04. The van der Waals surface area contributed by atoms with Gasteiger partial charge >= 0.3 is 0 Å². The van der Waals surface area contributed by atoms with Crippen molar-refractivity contribution in [2.75, 3.05) is 19.0 Å². The summed E-state index contributed by atoms with van der Waals surface area (Å²) in [6.45, 7) is 2.29. The van der Waals surface area contributed by atoms with E-state index in [1.54, 1.807) is 42.2 Å². The van der Waals surface area contributed by atoms with E-state index in [1.165, 1.54) is 25.4 Å². The number of carbonyl (C=O) groups is 2. The van der Waals surface area contributed by atoms with Gasteiger partial charge in [0.05, 0.1) is 35.7 Å². The van der Waals surface area contributed by atoms with E-state index in [4.69, 9.17) is 4.74 Å². The Morgan fingerprint density at radius 2 is 1.85 bits per heavy atom. The van der Waals surface area contributed by atoms with E-state index in [9.17, 15) is 14.0 Å². The van der Waals surface area contributed by atoms with Crippen LogP contribution in [0.15, 0.2) is 54.7 Å². The first-order chi connectivity index (χ1) is 16.0. The molecule has 1 aliphatic heterocycles. The van der Waals surface area contributed by atoms with Gasteiger partial charge in [0.15, 0.2) is 5.82 Å². The summed E-state index contributed by atoms with van der Waals surface area (Å²) in [7, 11) is 1.54. The smallest absolute Gasteiger partial charge is 0.259 e. The largest absolute Gasteiger partial charge is 0.496 e. The Labute approximate surface area is 191 Å². The van der Waals surface area contributed by atoms with Gasteiger partial charge in [-0.2, -0.15) is 0 Å². The molecule has 1 aliphatic rings. The van der Waals surface area contributed by atoms with E-state index < -0.39 is 11.7 Å². The van der Waals surface area contributed by atoms with Crippen molar-refractivity contribution in [3.63, 3.8) is 0 Å². The minimum absolute atomic E-state index is 0.0897. The Morgan fingerprint density at radius 3 is 2.61 bits per heavy atom. The minimum Gasteiger partial charge on any atom is -0.496 e. The Balaban J connectivity index is 1.58. The lowest BCUT2D eigenvalue weighted by atomic mass is 9.99. The number of hydrogen-bond donors (Lipinski definition) is 1. The number of anilines is 1. The highest BCUT2D eigenvalue weighted by Crippen LogP contribution is 2.32. The van der Waals surface area contributed by atoms with Crippen LogP contribution in [0.5, 0.6) is 5.75 Å². The van der Waals surface area contributed by atoms with Crippen LogP contribution in [0.4, 0.5) is 10.1 Å². The molecule has 0 bridgehead atoms. The highest BCUT2D eigenvalue weighted by Gasteiger charge is 2.32. The second-order valence-electron chi connectivity index (χ2n) is 7.87. The van der Waals surface area contributed by atoms with Crippen LogP contribution in [-0.4, -0.2) is 40.3 Å². The van der Waals surface area contributed by atoms with Crippen molar-refractivity contribution < 1.29 is 18.7 Å². The van der Waals surface area contributed by atoms with Crippen LogP contribution >= 0.6 is 0 Å². The number of hydrogen-bond acceptors (Lipinski definition) is 5. The molecular weight excluding hydrogens is 423 g/mol. The van der Waals surface area contributed by atoms with E-state index in [0.29, 0.717) is 29.4 Å². The Hall–Kier alpha value is -3.81. The van der Waals surface area contributed by atoms with Crippen molar-refractivity contribution in [3.8, 4) is 5.75 Å². The average Bonchev–Trinajstić information content (AvgIpc) is 2.84. The number of para-hydroxylation sites is 2. The average molecular weight is 448 g/mol. The van der Waals surface area contributed by atoms with Gasteiger partial charge in [-0.25, -0.2) is 14.4 Å². The summed E-state index contributed by atoms with van der Waals surface area (Å²) in [5.41, 5.74) is 1.29. The predicted octanol–water partition coefficient (Wildman–Crippen LogP) is 4.55. The van der Waals surface area contributed by atoms with Crippen molar-refractivity contribution in [2.24, 2.45) is 0 Å². The monoisotopic (exact) mass is 448 g/mol. The van der Waals surface area contributed by atoms with Crippen LogP contribution in [0.25, 0.3) is 0 Å². The molecule has 1 atom stereocenters. The van der Waals surface area contributed by atoms with Crippen molar-refractivity contribution >= 4 is 17.5 Å². The number of aryl methyl sites for hydroxylation is 1. The second kappa shape index (κ2) is 9.77. The van der Waals surface area contributed by atoms with Gasteiger partial charge in [-0.3, -0.25) is 9.59 Å². The van der Waals surface area contributed by atoms with Crippen LogP contribution in [-0.2, 0) is 0 Å². The molecule has 7 nitrogen and oxygen atoms in total. The third kappa shape index (κ3) is 4.69. The zero-order valence-electron chi connectivity index (χ0n) is 18.5. The number of rotatable bonds is 5. The molecule has 2 heterocycles. The van der Waals surface area contributed by atoms with E-state index >= 15 is 0 Å². The van der Waals surface area contributed by atoms with Crippen LogP contribution in [0.1, 0.15) is 57.5 Å². The van der Waals surface area contributed by atoms with Gasteiger partial charge in [0.25, 0.3) is 11.8 Å². The lowest BCUT2D eigenvalue weighted by Gasteiger charge is -2.35. The van der Waals surface area contributed by atoms with Gasteiger partial charge in [-0.05, 0) is 50.5 Å². The number of nitrogens with one attached hydrogen (secondary N) is 1. The molecule has 0 saturated carbocycles. The van der Waals surface area contributed by atoms with Crippen LogP contribution in [0.3, 0.4) is 0 Å². The predicted molar refractivity (Wildman–Crippen MR) is 122 cm³/mol. The fourth-order valence-electron chi connectivity index (χ4n) is 4.04. The number of ether oxygens (including phenoxy) is 1. The maximum absolute atomic E-state index is 13.9. The van der Waals surface area contributed by atoms with Gasteiger partial charge < -0.3 is 15.0 Å². The van der Waals surface area contributed by atoms with Crippen molar-refractivity contribution in [2.45, 2.75) is 32.2 Å². The summed E-state index contributed by atoms with van der Waals surface area (Å²) in [6.07, 6.45) is 3.99. The lowest BCUT2D eigenvalue weighted by Crippen LogP contribution is -2.39. The second-order valence-corrected chi connectivity index (χ2v) is 7.87. The van der Waals surface area contributed by atoms with Gasteiger partial charge in [0.1, 0.15) is 11.6 Å². The molecule has 2 aromatic carbocycles. The molecule has 170 valence electrons. The third-order valence-electron chi connectivity index (χ3n) is 5.76.